The number of halogens is 1. The third kappa shape index (κ3) is 6.29. The molecule has 1 aliphatic rings. The van der Waals surface area contributed by atoms with Crippen LogP contribution < -0.4 is 14.8 Å². The standard InChI is InChI=1S/C28H23FN2O7S2/c1-36-27(33)18-2-8-20(9-3-18)37-24-16-30-28(39-24)31-26(32)25(38-21-10-6-19(29)7-11-21)17-4-12-22(13-5-17)40(34,35)23-14-15-23/h2-13,16,23,25H,14-15H2,1H3,(H,30,31,32). The van der Waals surface area contributed by atoms with E-state index in [0.717, 1.165) is 11.3 Å². The maximum absolute atomic E-state index is 13.4. The van der Waals surface area contributed by atoms with Crippen molar-refractivity contribution >= 4 is 38.2 Å². The van der Waals surface area contributed by atoms with Gasteiger partial charge in [-0.3, -0.25) is 10.1 Å². The van der Waals surface area contributed by atoms with Crippen molar-refractivity contribution in [2.75, 3.05) is 12.4 Å². The molecule has 5 rings (SSSR count). The average Bonchev–Trinajstić information content (AvgIpc) is 3.74. The lowest BCUT2D eigenvalue weighted by molar-refractivity contribution is -0.123. The highest BCUT2D eigenvalue weighted by atomic mass is 32.2. The molecule has 4 aromatic rings. The highest BCUT2D eigenvalue weighted by molar-refractivity contribution is 7.92. The zero-order valence-corrected chi connectivity index (χ0v) is 22.7. The number of esters is 1. The summed E-state index contributed by atoms with van der Waals surface area (Å²) < 4.78 is 54.9. The number of sulfone groups is 1. The molecular formula is C28H23FN2O7S2. The number of thiazole rings is 1. The highest BCUT2D eigenvalue weighted by Crippen LogP contribution is 2.35. The Morgan fingerprint density at radius 3 is 2.25 bits per heavy atom. The van der Waals surface area contributed by atoms with E-state index < -0.39 is 33.6 Å². The number of ether oxygens (including phenoxy) is 3. The van der Waals surface area contributed by atoms with Gasteiger partial charge in [0.25, 0.3) is 5.91 Å². The van der Waals surface area contributed by atoms with Gasteiger partial charge in [-0.05, 0) is 73.5 Å². The van der Waals surface area contributed by atoms with E-state index in [4.69, 9.17) is 9.47 Å². The third-order valence-electron chi connectivity index (χ3n) is 5.99. The van der Waals surface area contributed by atoms with Gasteiger partial charge in [0, 0.05) is 5.56 Å². The Bertz CT molecular complexity index is 1620. The van der Waals surface area contributed by atoms with Crippen LogP contribution in [0.4, 0.5) is 9.52 Å². The van der Waals surface area contributed by atoms with Gasteiger partial charge in [0.15, 0.2) is 15.0 Å². The molecule has 3 aromatic carbocycles. The van der Waals surface area contributed by atoms with Gasteiger partial charge in [-0.1, -0.05) is 23.5 Å². The van der Waals surface area contributed by atoms with Gasteiger partial charge in [0.2, 0.25) is 11.2 Å². The van der Waals surface area contributed by atoms with Crippen LogP contribution in [0.1, 0.15) is 34.9 Å². The van der Waals surface area contributed by atoms with Crippen LogP contribution in [0.2, 0.25) is 0 Å². The summed E-state index contributed by atoms with van der Waals surface area (Å²) in [5.74, 6) is -0.808. The van der Waals surface area contributed by atoms with Crippen LogP contribution in [0.3, 0.4) is 0 Å². The number of hydrogen-bond acceptors (Lipinski definition) is 9. The van der Waals surface area contributed by atoms with Crippen molar-refractivity contribution in [2.45, 2.75) is 29.1 Å². The van der Waals surface area contributed by atoms with Gasteiger partial charge >= 0.3 is 5.97 Å². The Labute approximate surface area is 233 Å². The number of hydrogen-bond donors (Lipinski definition) is 1. The first-order valence-corrected chi connectivity index (χ1v) is 14.5. The van der Waals surface area contributed by atoms with Crippen LogP contribution in [0, 0.1) is 5.82 Å². The molecule has 0 aliphatic heterocycles. The molecule has 1 N–H and O–H groups in total. The number of nitrogens with one attached hydrogen (secondary N) is 1. The van der Waals surface area contributed by atoms with Crippen molar-refractivity contribution in [2.24, 2.45) is 0 Å². The van der Waals surface area contributed by atoms with E-state index in [0.29, 0.717) is 34.8 Å². The van der Waals surface area contributed by atoms with E-state index in [9.17, 15) is 22.4 Å². The topological polar surface area (TPSA) is 121 Å². The maximum atomic E-state index is 13.4. The lowest BCUT2D eigenvalue weighted by Crippen LogP contribution is -2.25. The second-order valence-corrected chi connectivity index (χ2v) is 12.1. The Kier molecular flexibility index (Phi) is 7.81. The van der Waals surface area contributed by atoms with Gasteiger partial charge in [-0.15, -0.1) is 0 Å². The molecule has 1 saturated carbocycles. The lowest BCUT2D eigenvalue weighted by Gasteiger charge is -2.19. The van der Waals surface area contributed by atoms with Crippen LogP contribution in [-0.2, 0) is 19.4 Å². The Morgan fingerprint density at radius 1 is 0.975 bits per heavy atom. The fourth-order valence-electron chi connectivity index (χ4n) is 3.75. The molecule has 1 amide bonds. The monoisotopic (exact) mass is 582 g/mol. The minimum Gasteiger partial charge on any atom is -0.476 e. The van der Waals surface area contributed by atoms with E-state index in [1.54, 1.807) is 24.3 Å². The van der Waals surface area contributed by atoms with Crippen molar-refractivity contribution in [1.29, 1.82) is 0 Å². The molecule has 1 atom stereocenters. The van der Waals surface area contributed by atoms with Gasteiger partial charge in [-0.25, -0.2) is 22.6 Å². The molecule has 12 heteroatoms. The van der Waals surface area contributed by atoms with Crippen molar-refractivity contribution in [1.82, 2.24) is 4.98 Å². The summed E-state index contributed by atoms with van der Waals surface area (Å²) in [6.07, 6.45) is 1.52. The maximum Gasteiger partial charge on any atom is 0.337 e. The predicted molar refractivity (Wildman–Crippen MR) is 145 cm³/mol. The number of carbonyl (C=O) groups excluding carboxylic acids is 2. The predicted octanol–water partition coefficient (Wildman–Crippen LogP) is 5.56. The zero-order chi connectivity index (χ0) is 28.3. The van der Waals surface area contributed by atoms with Crippen LogP contribution >= 0.6 is 11.3 Å². The number of anilines is 1. The number of rotatable bonds is 10. The van der Waals surface area contributed by atoms with E-state index in [1.807, 2.05) is 0 Å². The average molecular weight is 583 g/mol. The van der Waals surface area contributed by atoms with Crippen molar-refractivity contribution in [3.05, 3.63) is 95.9 Å². The molecule has 1 unspecified atom stereocenters. The number of aromatic nitrogens is 1. The van der Waals surface area contributed by atoms with Crippen molar-refractivity contribution < 1.29 is 36.6 Å². The summed E-state index contributed by atoms with van der Waals surface area (Å²) in [6.45, 7) is 0. The molecule has 40 heavy (non-hydrogen) atoms. The quantitative estimate of drug-likeness (QED) is 0.242. The van der Waals surface area contributed by atoms with Crippen LogP contribution in [0.15, 0.2) is 83.9 Å². The minimum absolute atomic E-state index is 0.182. The number of benzene rings is 3. The Morgan fingerprint density at radius 2 is 1.62 bits per heavy atom. The van der Waals surface area contributed by atoms with Gasteiger partial charge in [-0.2, -0.15) is 0 Å². The summed E-state index contributed by atoms with van der Waals surface area (Å²) in [4.78, 5) is 29.3. The van der Waals surface area contributed by atoms with E-state index >= 15 is 0 Å². The normalized spacial score (nSPS) is 13.8. The fraction of sp³-hybridized carbons (Fsp3) is 0.179. The lowest BCUT2D eigenvalue weighted by atomic mass is 10.1. The Balaban J connectivity index is 1.32. The minimum atomic E-state index is -3.40. The molecule has 1 aromatic heterocycles. The summed E-state index contributed by atoms with van der Waals surface area (Å²) >= 11 is 1.07. The second-order valence-electron chi connectivity index (χ2n) is 8.86. The van der Waals surface area contributed by atoms with Gasteiger partial charge < -0.3 is 14.2 Å². The molecule has 0 bridgehead atoms. The summed E-state index contributed by atoms with van der Waals surface area (Å²) in [7, 11) is -2.10. The fourth-order valence-corrected chi connectivity index (χ4v) is 6.10. The number of carbonyl (C=O) groups is 2. The molecule has 9 nitrogen and oxygen atoms in total. The first-order valence-electron chi connectivity index (χ1n) is 12.1. The SMILES string of the molecule is COC(=O)c1ccc(Oc2cnc(NC(=O)C(Oc3ccc(F)cc3)c3ccc(S(=O)(=O)C4CC4)cc3)s2)cc1. The highest BCUT2D eigenvalue weighted by Gasteiger charge is 2.37. The van der Waals surface area contributed by atoms with Crippen LogP contribution in [-0.4, -0.2) is 37.6 Å². The largest absolute Gasteiger partial charge is 0.476 e. The smallest absolute Gasteiger partial charge is 0.337 e. The molecule has 0 spiro atoms. The number of methoxy groups -OCH3 is 1. The molecule has 206 valence electrons. The zero-order valence-electron chi connectivity index (χ0n) is 21.1. The third-order valence-corrected chi connectivity index (χ3v) is 9.06. The number of nitrogens with zero attached hydrogens (tertiary/aromatic N) is 1. The van der Waals surface area contributed by atoms with Crippen molar-refractivity contribution in [3.8, 4) is 16.6 Å². The molecule has 0 saturated heterocycles. The molecule has 1 fully saturated rings. The van der Waals surface area contributed by atoms with E-state index in [1.165, 1.54) is 61.8 Å². The molecular weight excluding hydrogens is 559 g/mol. The molecule has 0 radical (unpaired) electrons. The van der Waals surface area contributed by atoms with Crippen LogP contribution in [0.25, 0.3) is 0 Å². The van der Waals surface area contributed by atoms with Gasteiger partial charge in [0.1, 0.15) is 17.3 Å². The number of amides is 1. The first kappa shape index (κ1) is 27.3. The summed E-state index contributed by atoms with van der Waals surface area (Å²) in [6, 6.07) is 17.5. The first-order chi connectivity index (χ1) is 19.2. The molecule has 1 aliphatic carbocycles. The summed E-state index contributed by atoms with van der Waals surface area (Å²) in [5, 5.41) is 2.94. The van der Waals surface area contributed by atoms with Crippen LogP contribution in [0.5, 0.6) is 16.6 Å². The second kappa shape index (κ2) is 11.4. The van der Waals surface area contributed by atoms with Gasteiger partial charge in [0.05, 0.1) is 29.0 Å². The van der Waals surface area contributed by atoms with Crippen molar-refractivity contribution in [3.63, 3.8) is 0 Å². The summed E-state index contributed by atoms with van der Waals surface area (Å²) in [5.41, 5.74) is 0.771. The van der Waals surface area contributed by atoms with E-state index in [-0.39, 0.29) is 21.0 Å². The Hall–Kier alpha value is -4.29. The van der Waals surface area contributed by atoms with E-state index in [2.05, 4.69) is 15.0 Å². The molecule has 1 heterocycles.